The van der Waals surface area contributed by atoms with Crippen molar-refractivity contribution in [3.05, 3.63) is 69.1 Å². The Morgan fingerprint density at radius 3 is 2.65 bits per heavy atom. The van der Waals surface area contributed by atoms with Crippen molar-refractivity contribution < 1.29 is 9.90 Å². The van der Waals surface area contributed by atoms with E-state index in [-0.39, 0.29) is 6.42 Å². The van der Waals surface area contributed by atoms with Crippen molar-refractivity contribution >= 4 is 29.1 Å². The van der Waals surface area contributed by atoms with Gasteiger partial charge in [0.2, 0.25) is 0 Å². The summed E-state index contributed by atoms with van der Waals surface area (Å²) in [5.41, 5.74) is 10.5. The predicted octanol–water partition coefficient (Wildman–Crippen LogP) is 3.98. The van der Waals surface area contributed by atoms with Crippen LogP contribution in [0.4, 0.5) is 0 Å². The number of carboxylic acids is 1. The fraction of sp³-hybridized carbons (Fsp3) is 0.304. The van der Waals surface area contributed by atoms with E-state index in [1.165, 1.54) is 4.88 Å². The van der Waals surface area contributed by atoms with E-state index in [2.05, 4.69) is 36.2 Å². The van der Waals surface area contributed by atoms with E-state index < -0.39 is 12.0 Å². The number of carboxylic acid groups (broad SMARTS) is 1. The quantitative estimate of drug-likeness (QED) is 0.609. The second-order valence-electron chi connectivity index (χ2n) is 7.60. The van der Waals surface area contributed by atoms with Crippen LogP contribution in [0.3, 0.4) is 0 Å². The highest BCUT2D eigenvalue weighted by molar-refractivity contribution is 7.15. The fourth-order valence-electron chi connectivity index (χ4n) is 3.76. The number of carbonyl (C=O) groups is 1. The number of aromatic nitrogens is 3. The lowest BCUT2D eigenvalue weighted by atomic mass is 9.98. The van der Waals surface area contributed by atoms with Crippen LogP contribution in [0, 0.1) is 20.8 Å². The van der Waals surface area contributed by atoms with Crippen molar-refractivity contribution in [2.75, 3.05) is 6.54 Å². The molecule has 3 heterocycles. The Labute approximate surface area is 185 Å². The first-order valence-electron chi connectivity index (χ1n) is 10.2. The SMILES string of the molecule is Cc1sc2c(c1C)C(c1ccc(/C=C/CCN)cc1)=NC(CC(=O)O)c1nnc(C)n1-2. The molecule has 1 unspecified atom stereocenters. The number of thiophene rings is 1. The minimum Gasteiger partial charge on any atom is -0.481 e. The largest absolute Gasteiger partial charge is 0.481 e. The fourth-order valence-corrected chi connectivity index (χ4v) is 4.97. The molecule has 8 heteroatoms. The summed E-state index contributed by atoms with van der Waals surface area (Å²) in [6, 6.07) is 7.54. The normalized spacial score (nSPS) is 15.5. The molecule has 3 N–H and O–H groups in total. The number of fused-ring (bicyclic) bond motifs is 3. The maximum atomic E-state index is 11.6. The number of aliphatic imine (C=N–C) groups is 1. The van der Waals surface area contributed by atoms with Crippen LogP contribution in [0.5, 0.6) is 0 Å². The van der Waals surface area contributed by atoms with Gasteiger partial charge < -0.3 is 10.8 Å². The highest BCUT2D eigenvalue weighted by Crippen LogP contribution is 2.39. The molecule has 1 aliphatic rings. The lowest BCUT2D eigenvalue weighted by Gasteiger charge is -2.11. The number of hydrogen-bond acceptors (Lipinski definition) is 6. The Morgan fingerprint density at radius 1 is 1.23 bits per heavy atom. The average Bonchev–Trinajstić information content (AvgIpc) is 3.21. The highest BCUT2D eigenvalue weighted by Gasteiger charge is 2.32. The summed E-state index contributed by atoms with van der Waals surface area (Å²) in [4.78, 5) is 17.7. The van der Waals surface area contributed by atoms with Crippen LogP contribution in [0.1, 0.15) is 57.7 Å². The molecule has 4 rings (SSSR count). The Morgan fingerprint density at radius 2 is 1.97 bits per heavy atom. The molecule has 0 amide bonds. The van der Waals surface area contributed by atoms with Crippen LogP contribution in [0.15, 0.2) is 35.3 Å². The van der Waals surface area contributed by atoms with Crippen molar-refractivity contribution in [2.24, 2.45) is 10.7 Å². The highest BCUT2D eigenvalue weighted by atomic mass is 32.1. The minimum atomic E-state index is -0.918. The summed E-state index contributed by atoms with van der Waals surface area (Å²) < 4.78 is 1.97. The Hall–Kier alpha value is -3.10. The number of nitrogens with two attached hydrogens (primary N) is 1. The molecule has 0 fully saturated rings. The molecule has 0 bridgehead atoms. The number of hydrogen-bond donors (Lipinski definition) is 2. The molecule has 3 aromatic rings. The lowest BCUT2D eigenvalue weighted by molar-refractivity contribution is -0.137. The summed E-state index contributed by atoms with van der Waals surface area (Å²) in [7, 11) is 0. The van der Waals surface area contributed by atoms with Gasteiger partial charge in [-0.2, -0.15) is 0 Å². The number of aliphatic carboxylic acids is 1. The molecule has 1 aliphatic heterocycles. The number of benzene rings is 1. The van der Waals surface area contributed by atoms with Gasteiger partial charge in [0, 0.05) is 16.0 Å². The Kier molecular flexibility index (Phi) is 5.84. The van der Waals surface area contributed by atoms with E-state index in [4.69, 9.17) is 10.7 Å². The van der Waals surface area contributed by atoms with E-state index in [1.54, 1.807) is 11.3 Å². The van der Waals surface area contributed by atoms with Crippen LogP contribution >= 0.6 is 11.3 Å². The van der Waals surface area contributed by atoms with E-state index in [9.17, 15) is 9.90 Å². The van der Waals surface area contributed by atoms with E-state index in [0.29, 0.717) is 12.4 Å². The number of aryl methyl sites for hydroxylation is 2. The van der Waals surface area contributed by atoms with E-state index >= 15 is 0 Å². The topological polar surface area (TPSA) is 106 Å². The summed E-state index contributed by atoms with van der Waals surface area (Å²) in [5.74, 6) is 0.377. The van der Waals surface area contributed by atoms with Gasteiger partial charge in [0.05, 0.1) is 12.1 Å². The third kappa shape index (κ3) is 3.96. The standard InChI is InChI=1S/C23H25N5O2S/c1-13-14(2)31-23-20(13)21(17-9-7-16(8-10-17)6-4-5-11-24)25-18(12-19(29)30)22-27-26-15(3)28(22)23/h4,6-10,18H,5,11-12,24H2,1-3H3,(H,29,30)/b6-4+. The average molecular weight is 436 g/mol. The maximum Gasteiger partial charge on any atom is 0.306 e. The van der Waals surface area contributed by atoms with Crippen LogP contribution in [-0.2, 0) is 4.79 Å². The molecule has 2 aromatic heterocycles. The Bertz CT molecular complexity index is 1190. The van der Waals surface area contributed by atoms with Gasteiger partial charge in [-0.3, -0.25) is 14.4 Å². The minimum absolute atomic E-state index is 0.144. The van der Waals surface area contributed by atoms with Gasteiger partial charge in [-0.15, -0.1) is 21.5 Å². The van der Waals surface area contributed by atoms with Crippen LogP contribution in [0.25, 0.3) is 11.1 Å². The molecular formula is C23H25N5O2S. The first kappa shape index (κ1) is 21.1. The van der Waals surface area contributed by atoms with Gasteiger partial charge >= 0.3 is 5.97 Å². The van der Waals surface area contributed by atoms with Gasteiger partial charge in [-0.1, -0.05) is 36.4 Å². The molecule has 0 saturated carbocycles. The zero-order chi connectivity index (χ0) is 22.1. The van der Waals surface area contributed by atoms with Gasteiger partial charge in [-0.25, -0.2) is 0 Å². The van der Waals surface area contributed by atoms with E-state index in [1.807, 2.05) is 35.8 Å². The van der Waals surface area contributed by atoms with Crippen LogP contribution in [-0.4, -0.2) is 38.1 Å². The first-order chi connectivity index (χ1) is 14.9. The molecule has 0 aliphatic carbocycles. The molecule has 0 saturated heterocycles. The van der Waals surface area contributed by atoms with Gasteiger partial charge in [0.1, 0.15) is 16.9 Å². The number of nitrogens with zero attached hydrogens (tertiary/aromatic N) is 4. The zero-order valence-electron chi connectivity index (χ0n) is 17.8. The molecule has 31 heavy (non-hydrogen) atoms. The van der Waals surface area contributed by atoms with Gasteiger partial charge in [0.25, 0.3) is 0 Å². The van der Waals surface area contributed by atoms with Gasteiger partial charge in [-0.05, 0) is 44.9 Å². The monoisotopic (exact) mass is 435 g/mol. The molecule has 160 valence electrons. The number of rotatable bonds is 6. The second-order valence-corrected chi connectivity index (χ2v) is 8.80. The molecule has 1 atom stereocenters. The summed E-state index contributed by atoms with van der Waals surface area (Å²) in [6.07, 6.45) is 4.80. The van der Waals surface area contributed by atoms with Gasteiger partial charge in [0.15, 0.2) is 5.82 Å². The first-order valence-corrected chi connectivity index (χ1v) is 11.0. The molecule has 0 radical (unpaired) electrons. The van der Waals surface area contributed by atoms with Crippen molar-refractivity contribution in [1.29, 1.82) is 0 Å². The van der Waals surface area contributed by atoms with Crippen LogP contribution in [0.2, 0.25) is 0 Å². The Balaban J connectivity index is 1.88. The van der Waals surface area contributed by atoms with Crippen LogP contribution < -0.4 is 5.73 Å². The lowest BCUT2D eigenvalue weighted by Crippen LogP contribution is -2.10. The molecular weight excluding hydrogens is 410 g/mol. The van der Waals surface area contributed by atoms with Crippen molar-refractivity contribution in [2.45, 2.75) is 39.7 Å². The van der Waals surface area contributed by atoms with Crippen molar-refractivity contribution in [3.63, 3.8) is 0 Å². The third-order valence-corrected chi connectivity index (χ3v) is 6.63. The predicted molar refractivity (Wildman–Crippen MR) is 123 cm³/mol. The summed E-state index contributed by atoms with van der Waals surface area (Å²) in [6.45, 7) is 6.68. The maximum absolute atomic E-state index is 11.6. The summed E-state index contributed by atoms with van der Waals surface area (Å²) >= 11 is 1.66. The van der Waals surface area contributed by atoms with Crippen molar-refractivity contribution in [1.82, 2.24) is 14.8 Å². The molecule has 1 aromatic carbocycles. The summed E-state index contributed by atoms with van der Waals surface area (Å²) in [5, 5.41) is 19.0. The second kappa shape index (κ2) is 8.56. The molecule has 0 spiro atoms. The van der Waals surface area contributed by atoms with Crippen molar-refractivity contribution in [3.8, 4) is 5.00 Å². The van der Waals surface area contributed by atoms with E-state index in [0.717, 1.165) is 45.2 Å². The zero-order valence-corrected chi connectivity index (χ0v) is 18.6. The molecule has 7 nitrogen and oxygen atoms in total. The smallest absolute Gasteiger partial charge is 0.306 e. The third-order valence-electron chi connectivity index (χ3n) is 5.44.